The van der Waals surface area contributed by atoms with Crippen molar-refractivity contribution >= 4 is 23.2 Å². The Morgan fingerprint density at radius 3 is 2.83 bits per heavy atom. The molecule has 0 unspecified atom stereocenters. The second kappa shape index (κ2) is 7.59. The van der Waals surface area contributed by atoms with E-state index in [1.807, 2.05) is 13.8 Å². The Hall–Kier alpha value is -3.33. The average Bonchev–Trinajstić information content (AvgIpc) is 3.33. The second-order valence-electron chi connectivity index (χ2n) is 6.62. The molecule has 4 rings (SSSR count). The van der Waals surface area contributed by atoms with Crippen molar-refractivity contribution < 1.29 is 13.7 Å². The molecular formula is C19H16ClFN6O2. The monoisotopic (exact) mass is 414 g/mol. The quantitative estimate of drug-likeness (QED) is 0.535. The molecule has 0 aliphatic rings. The molecule has 1 N–H and O–H groups in total. The first-order valence-electron chi connectivity index (χ1n) is 8.84. The molecule has 0 aliphatic heterocycles. The first-order chi connectivity index (χ1) is 14.0. The van der Waals surface area contributed by atoms with Crippen LogP contribution in [0, 0.1) is 5.82 Å². The summed E-state index contributed by atoms with van der Waals surface area (Å²) in [5.41, 5.74) is 0.907. The van der Waals surface area contributed by atoms with Crippen LogP contribution in [0.15, 0.2) is 41.1 Å². The number of carbonyl (C=O) groups excluding carboxylic acids is 1. The maximum atomic E-state index is 13.9. The standard InChI is InChI=1S/C19H16ClFN6O2/c1-10(2)16-23-19(29-26-16)11-5-4-8-27-14(24-25-17(11)27)9-22-18(28)15-12(20)6-3-7-13(15)21/h3-8,10H,9H2,1-2H3,(H,22,28). The van der Waals surface area contributed by atoms with Gasteiger partial charge in [0, 0.05) is 12.1 Å². The van der Waals surface area contributed by atoms with Crippen molar-refractivity contribution in [2.75, 3.05) is 0 Å². The van der Waals surface area contributed by atoms with Crippen molar-refractivity contribution in [3.05, 3.63) is 64.6 Å². The maximum Gasteiger partial charge on any atom is 0.261 e. The van der Waals surface area contributed by atoms with Gasteiger partial charge in [-0.05, 0) is 24.3 Å². The van der Waals surface area contributed by atoms with Crippen LogP contribution in [0.25, 0.3) is 17.1 Å². The van der Waals surface area contributed by atoms with Crippen molar-refractivity contribution in [2.24, 2.45) is 0 Å². The van der Waals surface area contributed by atoms with Gasteiger partial charge in [0.2, 0.25) is 0 Å². The third kappa shape index (κ3) is 3.56. The predicted molar refractivity (Wildman–Crippen MR) is 103 cm³/mol. The molecule has 0 saturated heterocycles. The van der Waals surface area contributed by atoms with Crippen LogP contribution in [0.4, 0.5) is 4.39 Å². The summed E-state index contributed by atoms with van der Waals surface area (Å²) in [6.45, 7) is 3.96. The van der Waals surface area contributed by atoms with E-state index < -0.39 is 11.7 Å². The third-order valence-corrected chi connectivity index (χ3v) is 4.61. The number of hydrogen-bond donors (Lipinski definition) is 1. The zero-order valence-corrected chi connectivity index (χ0v) is 16.3. The molecular weight excluding hydrogens is 399 g/mol. The number of benzene rings is 1. The van der Waals surface area contributed by atoms with E-state index in [9.17, 15) is 9.18 Å². The van der Waals surface area contributed by atoms with Gasteiger partial charge in [-0.25, -0.2) is 4.39 Å². The maximum absolute atomic E-state index is 13.9. The Morgan fingerprint density at radius 2 is 2.10 bits per heavy atom. The third-order valence-electron chi connectivity index (χ3n) is 4.29. The van der Waals surface area contributed by atoms with E-state index >= 15 is 0 Å². The van der Waals surface area contributed by atoms with Gasteiger partial charge < -0.3 is 9.84 Å². The highest BCUT2D eigenvalue weighted by atomic mass is 35.5. The first kappa shape index (κ1) is 19.0. The van der Waals surface area contributed by atoms with Crippen LogP contribution in [-0.4, -0.2) is 30.6 Å². The number of hydrogen-bond acceptors (Lipinski definition) is 6. The van der Waals surface area contributed by atoms with E-state index in [0.717, 1.165) is 0 Å². The fourth-order valence-corrected chi connectivity index (χ4v) is 3.04. The molecule has 148 valence electrons. The number of amides is 1. The fourth-order valence-electron chi connectivity index (χ4n) is 2.79. The van der Waals surface area contributed by atoms with Crippen LogP contribution in [0.2, 0.25) is 5.02 Å². The Morgan fingerprint density at radius 1 is 1.28 bits per heavy atom. The minimum Gasteiger partial charge on any atom is -0.345 e. The number of carbonyl (C=O) groups is 1. The van der Waals surface area contributed by atoms with Gasteiger partial charge in [0.15, 0.2) is 17.3 Å². The van der Waals surface area contributed by atoms with E-state index in [1.165, 1.54) is 18.2 Å². The highest BCUT2D eigenvalue weighted by molar-refractivity contribution is 6.33. The Balaban J connectivity index is 1.60. The first-order valence-corrected chi connectivity index (χ1v) is 9.22. The zero-order chi connectivity index (χ0) is 20.5. The molecule has 0 saturated carbocycles. The minimum absolute atomic E-state index is 0.0230. The summed E-state index contributed by atoms with van der Waals surface area (Å²) in [6.07, 6.45) is 1.75. The number of halogens is 2. The average molecular weight is 415 g/mol. The number of nitrogens with zero attached hydrogens (tertiary/aromatic N) is 5. The lowest BCUT2D eigenvalue weighted by atomic mass is 10.2. The summed E-state index contributed by atoms with van der Waals surface area (Å²) >= 11 is 5.94. The van der Waals surface area contributed by atoms with Crippen LogP contribution in [0.5, 0.6) is 0 Å². The molecule has 3 heterocycles. The number of pyridine rings is 1. The molecule has 10 heteroatoms. The molecule has 1 amide bonds. The lowest BCUT2D eigenvalue weighted by Crippen LogP contribution is -2.25. The van der Waals surface area contributed by atoms with Gasteiger partial charge in [-0.3, -0.25) is 9.20 Å². The van der Waals surface area contributed by atoms with E-state index in [1.54, 1.807) is 22.7 Å². The molecule has 0 atom stereocenters. The topological polar surface area (TPSA) is 98.2 Å². The second-order valence-corrected chi connectivity index (χ2v) is 7.03. The molecule has 0 fully saturated rings. The minimum atomic E-state index is -0.694. The predicted octanol–water partition coefficient (Wildman–Crippen LogP) is 3.63. The molecule has 0 bridgehead atoms. The van der Waals surface area contributed by atoms with Crippen molar-refractivity contribution in [3.63, 3.8) is 0 Å². The lowest BCUT2D eigenvalue weighted by molar-refractivity contribution is 0.0946. The molecule has 0 spiro atoms. The van der Waals surface area contributed by atoms with Gasteiger partial charge in [-0.1, -0.05) is 36.7 Å². The molecule has 0 aliphatic carbocycles. The van der Waals surface area contributed by atoms with Crippen LogP contribution >= 0.6 is 11.6 Å². The smallest absolute Gasteiger partial charge is 0.261 e. The number of aromatic nitrogens is 5. The zero-order valence-electron chi connectivity index (χ0n) is 15.6. The van der Waals surface area contributed by atoms with E-state index in [2.05, 4.69) is 25.7 Å². The van der Waals surface area contributed by atoms with Crippen LogP contribution in [0.3, 0.4) is 0 Å². The van der Waals surface area contributed by atoms with Crippen molar-refractivity contribution in [3.8, 4) is 11.5 Å². The summed E-state index contributed by atoms with van der Waals surface area (Å²) in [7, 11) is 0. The highest BCUT2D eigenvalue weighted by Crippen LogP contribution is 2.24. The number of nitrogens with one attached hydrogen (secondary N) is 1. The van der Waals surface area contributed by atoms with Gasteiger partial charge in [0.1, 0.15) is 5.82 Å². The molecule has 1 aromatic carbocycles. The Bertz CT molecular complexity index is 1180. The molecule has 3 aromatic heterocycles. The van der Waals surface area contributed by atoms with Crippen molar-refractivity contribution in [1.29, 1.82) is 0 Å². The van der Waals surface area contributed by atoms with E-state index in [4.69, 9.17) is 16.1 Å². The van der Waals surface area contributed by atoms with Crippen LogP contribution in [0.1, 0.15) is 41.8 Å². The molecule has 29 heavy (non-hydrogen) atoms. The number of rotatable bonds is 5. The van der Waals surface area contributed by atoms with E-state index in [0.29, 0.717) is 28.8 Å². The SMILES string of the molecule is CC(C)c1noc(-c2cccn3c(CNC(=O)c4c(F)cccc4Cl)nnc23)n1. The largest absolute Gasteiger partial charge is 0.345 e. The summed E-state index contributed by atoms with van der Waals surface area (Å²) < 4.78 is 21.0. The number of fused-ring (bicyclic) bond motifs is 1. The Kier molecular flexibility index (Phi) is 4.98. The summed E-state index contributed by atoms with van der Waals surface area (Å²) in [4.78, 5) is 16.7. The van der Waals surface area contributed by atoms with E-state index in [-0.39, 0.29) is 23.0 Å². The molecule has 8 nitrogen and oxygen atoms in total. The molecule has 4 aromatic rings. The highest BCUT2D eigenvalue weighted by Gasteiger charge is 2.19. The Labute approximate surface area is 169 Å². The van der Waals surface area contributed by atoms with Gasteiger partial charge in [-0.15, -0.1) is 10.2 Å². The van der Waals surface area contributed by atoms with Gasteiger partial charge in [0.05, 0.1) is 22.7 Å². The fraction of sp³-hybridized carbons (Fsp3) is 0.211. The van der Waals surface area contributed by atoms with Crippen molar-refractivity contribution in [1.82, 2.24) is 30.1 Å². The summed E-state index contributed by atoms with van der Waals surface area (Å²) in [6, 6.07) is 7.64. The van der Waals surface area contributed by atoms with Crippen LogP contribution < -0.4 is 5.32 Å². The van der Waals surface area contributed by atoms with Gasteiger partial charge >= 0.3 is 0 Å². The summed E-state index contributed by atoms with van der Waals surface area (Å²) in [5.74, 6) is 0.170. The summed E-state index contributed by atoms with van der Waals surface area (Å²) in [5, 5.41) is 14.9. The van der Waals surface area contributed by atoms with Gasteiger partial charge in [0.25, 0.3) is 11.8 Å². The normalized spacial score (nSPS) is 11.3. The van der Waals surface area contributed by atoms with Gasteiger partial charge in [-0.2, -0.15) is 4.98 Å². The lowest BCUT2D eigenvalue weighted by Gasteiger charge is -2.07. The molecule has 0 radical (unpaired) electrons. The van der Waals surface area contributed by atoms with Crippen molar-refractivity contribution in [2.45, 2.75) is 26.3 Å². The van der Waals surface area contributed by atoms with Crippen LogP contribution in [-0.2, 0) is 6.54 Å².